The number of halogens is 1. The van der Waals surface area contributed by atoms with E-state index in [1.165, 1.54) is 0 Å². The summed E-state index contributed by atoms with van der Waals surface area (Å²) in [4.78, 5) is 4.37. The van der Waals surface area contributed by atoms with Gasteiger partial charge in [-0.1, -0.05) is 25.1 Å². The summed E-state index contributed by atoms with van der Waals surface area (Å²) in [5, 5.41) is 0. The van der Waals surface area contributed by atoms with Crippen LogP contribution in [0.3, 0.4) is 0 Å². The van der Waals surface area contributed by atoms with Gasteiger partial charge in [0.2, 0.25) is 0 Å². The molecule has 19 heavy (non-hydrogen) atoms. The van der Waals surface area contributed by atoms with E-state index in [2.05, 4.69) is 34.5 Å². The van der Waals surface area contributed by atoms with Crippen LogP contribution in [0.25, 0.3) is 0 Å². The summed E-state index contributed by atoms with van der Waals surface area (Å²) < 4.78 is 7.16. The Balaban J connectivity index is 2.27. The number of aromatic nitrogens is 1. The highest BCUT2D eigenvalue weighted by molar-refractivity contribution is 14.1. The third kappa shape index (κ3) is 3.67. The zero-order valence-electron chi connectivity index (χ0n) is 10.8. The number of pyridine rings is 1. The largest absolute Gasteiger partial charge is 0.481 e. The molecule has 1 aromatic heterocycles. The molecule has 1 heterocycles. The SMILES string of the molecule is CCC(N)C(Oc1ccccc1I)c1ccccn1. The van der Waals surface area contributed by atoms with E-state index in [4.69, 9.17) is 10.5 Å². The number of rotatable bonds is 5. The van der Waals surface area contributed by atoms with Crippen molar-refractivity contribution in [2.75, 3.05) is 0 Å². The number of nitrogens with two attached hydrogens (primary N) is 1. The van der Waals surface area contributed by atoms with E-state index in [1.54, 1.807) is 6.20 Å². The number of benzene rings is 1. The highest BCUT2D eigenvalue weighted by Crippen LogP contribution is 2.27. The Labute approximate surface area is 127 Å². The zero-order valence-corrected chi connectivity index (χ0v) is 12.9. The predicted molar refractivity (Wildman–Crippen MR) is 85.0 cm³/mol. The molecule has 3 nitrogen and oxygen atoms in total. The van der Waals surface area contributed by atoms with Crippen LogP contribution in [0.2, 0.25) is 0 Å². The van der Waals surface area contributed by atoms with Crippen LogP contribution in [0.1, 0.15) is 25.1 Å². The van der Waals surface area contributed by atoms with E-state index >= 15 is 0 Å². The second-order valence-electron chi connectivity index (χ2n) is 4.30. The first-order chi connectivity index (χ1) is 9.22. The van der Waals surface area contributed by atoms with E-state index in [0.717, 1.165) is 21.4 Å². The van der Waals surface area contributed by atoms with Gasteiger partial charge in [-0.05, 0) is 53.3 Å². The highest BCUT2D eigenvalue weighted by Gasteiger charge is 2.22. The summed E-state index contributed by atoms with van der Waals surface area (Å²) >= 11 is 2.26. The van der Waals surface area contributed by atoms with Crippen molar-refractivity contribution in [1.82, 2.24) is 4.98 Å². The number of para-hydroxylation sites is 1. The van der Waals surface area contributed by atoms with Crippen molar-refractivity contribution in [1.29, 1.82) is 0 Å². The van der Waals surface area contributed by atoms with Gasteiger partial charge in [-0.3, -0.25) is 4.98 Å². The van der Waals surface area contributed by atoms with E-state index in [1.807, 2.05) is 42.5 Å². The Morgan fingerprint density at radius 1 is 1.21 bits per heavy atom. The lowest BCUT2D eigenvalue weighted by Gasteiger charge is -2.24. The minimum atomic E-state index is -0.220. The van der Waals surface area contributed by atoms with Gasteiger partial charge in [-0.25, -0.2) is 0 Å². The molecule has 2 atom stereocenters. The summed E-state index contributed by atoms with van der Waals surface area (Å²) in [7, 11) is 0. The van der Waals surface area contributed by atoms with Gasteiger partial charge in [-0.2, -0.15) is 0 Å². The molecule has 2 N–H and O–H groups in total. The number of ether oxygens (including phenoxy) is 1. The van der Waals surface area contributed by atoms with Gasteiger partial charge in [0.25, 0.3) is 0 Å². The van der Waals surface area contributed by atoms with Crippen molar-refractivity contribution >= 4 is 22.6 Å². The van der Waals surface area contributed by atoms with E-state index in [9.17, 15) is 0 Å². The average molecular weight is 368 g/mol. The van der Waals surface area contributed by atoms with Gasteiger partial charge in [-0.15, -0.1) is 0 Å². The first-order valence-electron chi connectivity index (χ1n) is 6.30. The van der Waals surface area contributed by atoms with E-state index in [0.29, 0.717) is 0 Å². The van der Waals surface area contributed by atoms with Gasteiger partial charge < -0.3 is 10.5 Å². The molecule has 0 amide bonds. The maximum absolute atomic E-state index is 6.18. The Bertz CT molecular complexity index is 519. The van der Waals surface area contributed by atoms with E-state index in [-0.39, 0.29) is 12.1 Å². The molecule has 0 saturated heterocycles. The van der Waals surface area contributed by atoms with Crippen molar-refractivity contribution < 1.29 is 4.74 Å². The Kier molecular flexibility index (Phi) is 5.15. The molecule has 0 aliphatic rings. The summed E-state index contributed by atoms with van der Waals surface area (Å²) in [6.07, 6.45) is 2.39. The van der Waals surface area contributed by atoms with Crippen LogP contribution in [-0.2, 0) is 0 Å². The van der Waals surface area contributed by atoms with Gasteiger partial charge in [0.05, 0.1) is 9.26 Å². The number of hydrogen-bond donors (Lipinski definition) is 1. The highest BCUT2D eigenvalue weighted by atomic mass is 127. The molecule has 2 unspecified atom stereocenters. The Morgan fingerprint density at radius 3 is 2.58 bits per heavy atom. The van der Waals surface area contributed by atoms with Crippen LogP contribution in [0.4, 0.5) is 0 Å². The average Bonchev–Trinajstić information content (AvgIpc) is 2.46. The maximum Gasteiger partial charge on any atom is 0.155 e. The Hall–Kier alpha value is -1.14. The third-order valence-corrected chi connectivity index (χ3v) is 3.82. The molecular weight excluding hydrogens is 351 g/mol. The van der Waals surface area contributed by atoms with Crippen LogP contribution in [0.15, 0.2) is 48.7 Å². The van der Waals surface area contributed by atoms with Gasteiger partial charge in [0.15, 0.2) is 6.10 Å². The molecule has 4 heteroatoms. The topological polar surface area (TPSA) is 48.1 Å². The lowest BCUT2D eigenvalue weighted by Crippen LogP contribution is -2.32. The molecule has 0 fully saturated rings. The maximum atomic E-state index is 6.18. The molecule has 0 spiro atoms. The Morgan fingerprint density at radius 2 is 1.95 bits per heavy atom. The third-order valence-electron chi connectivity index (χ3n) is 2.93. The fraction of sp³-hybridized carbons (Fsp3) is 0.267. The second kappa shape index (κ2) is 6.86. The lowest BCUT2D eigenvalue weighted by atomic mass is 10.1. The first-order valence-corrected chi connectivity index (χ1v) is 7.38. The zero-order chi connectivity index (χ0) is 13.7. The van der Waals surface area contributed by atoms with Crippen LogP contribution in [-0.4, -0.2) is 11.0 Å². The molecule has 0 aliphatic carbocycles. The van der Waals surface area contributed by atoms with Crippen LogP contribution in [0, 0.1) is 3.57 Å². The summed E-state index contributed by atoms with van der Waals surface area (Å²) in [5.41, 5.74) is 7.05. The quantitative estimate of drug-likeness (QED) is 0.822. The number of hydrogen-bond acceptors (Lipinski definition) is 3. The molecule has 2 rings (SSSR count). The van der Waals surface area contributed by atoms with Crippen molar-refractivity contribution in [3.05, 3.63) is 57.9 Å². The number of nitrogens with zero attached hydrogens (tertiary/aromatic N) is 1. The smallest absolute Gasteiger partial charge is 0.155 e. The normalized spacial score (nSPS) is 13.8. The monoisotopic (exact) mass is 368 g/mol. The molecule has 0 aliphatic heterocycles. The fourth-order valence-corrected chi connectivity index (χ4v) is 2.32. The predicted octanol–water partition coefficient (Wildman–Crippen LogP) is 3.54. The first kappa shape index (κ1) is 14.3. The van der Waals surface area contributed by atoms with Crippen molar-refractivity contribution in [2.45, 2.75) is 25.5 Å². The molecule has 0 bridgehead atoms. The summed E-state index contributed by atoms with van der Waals surface area (Å²) in [6, 6.07) is 13.7. The fourth-order valence-electron chi connectivity index (χ4n) is 1.80. The van der Waals surface area contributed by atoms with Crippen LogP contribution < -0.4 is 10.5 Å². The molecule has 100 valence electrons. The van der Waals surface area contributed by atoms with Crippen molar-refractivity contribution in [3.8, 4) is 5.75 Å². The van der Waals surface area contributed by atoms with Gasteiger partial charge in [0.1, 0.15) is 5.75 Å². The van der Waals surface area contributed by atoms with Crippen LogP contribution in [0.5, 0.6) is 5.75 Å². The lowest BCUT2D eigenvalue weighted by molar-refractivity contribution is 0.165. The molecule has 0 saturated carbocycles. The summed E-state index contributed by atoms with van der Waals surface area (Å²) in [5.74, 6) is 0.850. The second-order valence-corrected chi connectivity index (χ2v) is 5.46. The van der Waals surface area contributed by atoms with Crippen molar-refractivity contribution in [2.24, 2.45) is 5.73 Å². The van der Waals surface area contributed by atoms with Gasteiger partial charge >= 0.3 is 0 Å². The molecular formula is C15H17IN2O. The minimum Gasteiger partial charge on any atom is -0.481 e. The molecule has 0 radical (unpaired) electrons. The molecule has 2 aromatic rings. The van der Waals surface area contributed by atoms with Crippen LogP contribution >= 0.6 is 22.6 Å². The van der Waals surface area contributed by atoms with E-state index < -0.39 is 0 Å². The van der Waals surface area contributed by atoms with Crippen molar-refractivity contribution in [3.63, 3.8) is 0 Å². The minimum absolute atomic E-state index is 0.0779. The molecule has 1 aromatic carbocycles. The standard InChI is InChI=1S/C15H17IN2O/c1-2-12(17)15(13-8-5-6-10-18-13)19-14-9-4-3-7-11(14)16/h3-10,12,15H,2,17H2,1H3. The summed E-state index contributed by atoms with van der Waals surface area (Å²) in [6.45, 7) is 2.06. The van der Waals surface area contributed by atoms with Gasteiger partial charge in [0, 0.05) is 12.2 Å².